The number of anilines is 1. The van der Waals surface area contributed by atoms with E-state index in [-0.39, 0.29) is 11.4 Å². The van der Waals surface area contributed by atoms with E-state index in [1.165, 1.54) is 11.6 Å². The normalized spacial score (nSPS) is 11.8. The highest BCUT2D eigenvalue weighted by Gasteiger charge is 2.19. The Labute approximate surface area is 177 Å². The van der Waals surface area contributed by atoms with Crippen molar-refractivity contribution in [1.29, 1.82) is 0 Å². The van der Waals surface area contributed by atoms with E-state index in [2.05, 4.69) is 15.5 Å². The first-order valence-corrected chi connectivity index (χ1v) is 9.67. The van der Waals surface area contributed by atoms with Crippen molar-refractivity contribution in [3.8, 4) is 5.75 Å². The van der Waals surface area contributed by atoms with Crippen LogP contribution in [0.2, 0.25) is 0 Å². The Bertz CT molecular complexity index is 1410. The molecule has 2 heterocycles. The van der Waals surface area contributed by atoms with Gasteiger partial charge in [0.05, 0.1) is 12.3 Å². The number of para-hydroxylation sites is 1. The number of fused-ring (bicyclic) bond motifs is 1. The van der Waals surface area contributed by atoms with E-state index >= 15 is 0 Å². The highest BCUT2D eigenvalue weighted by Crippen LogP contribution is 2.20. The second kappa shape index (κ2) is 7.94. The van der Waals surface area contributed by atoms with Crippen molar-refractivity contribution in [2.24, 2.45) is 19.2 Å². The second-order valence-corrected chi connectivity index (χ2v) is 7.21. The van der Waals surface area contributed by atoms with Crippen molar-refractivity contribution >= 4 is 22.8 Å². The van der Waals surface area contributed by atoms with Gasteiger partial charge in [-0.1, -0.05) is 42.5 Å². The summed E-state index contributed by atoms with van der Waals surface area (Å²) in [7, 11) is 3.02. The molecule has 0 saturated heterocycles. The van der Waals surface area contributed by atoms with Crippen LogP contribution in [-0.4, -0.2) is 29.5 Å². The number of nitrogens with one attached hydrogen (secondary N) is 1. The van der Waals surface area contributed by atoms with Crippen LogP contribution in [0.4, 0.5) is 5.95 Å². The quantitative estimate of drug-likeness (QED) is 0.381. The van der Waals surface area contributed by atoms with E-state index in [1.54, 1.807) is 42.8 Å². The van der Waals surface area contributed by atoms with Crippen molar-refractivity contribution in [2.75, 3.05) is 5.43 Å². The molecule has 4 rings (SSSR count). The van der Waals surface area contributed by atoms with Crippen LogP contribution in [-0.2, 0) is 20.6 Å². The Morgan fingerprint density at radius 1 is 1.03 bits per heavy atom. The number of hydrogen-bond acceptors (Lipinski definition) is 6. The van der Waals surface area contributed by atoms with Crippen molar-refractivity contribution in [2.45, 2.75) is 13.5 Å². The van der Waals surface area contributed by atoms with Crippen LogP contribution in [0.1, 0.15) is 18.1 Å². The van der Waals surface area contributed by atoms with E-state index in [0.717, 1.165) is 10.1 Å². The van der Waals surface area contributed by atoms with Gasteiger partial charge in [0.2, 0.25) is 5.95 Å². The van der Waals surface area contributed by atoms with Gasteiger partial charge in [0.25, 0.3) is 5.56 Å². The average molecular weight is 418 g/mol. The molecule has 158 valence electrons. The summed E-state index contributed by atoms with van der Waals surface area (Å²) in [4.78, 5) is 29.8. The van der Waals surface area contributed by atoms with Crippen LogP contribution >= 0.6 is 0 Å². The fourth-order valence-electron chi connectivity index (χ4n) is 3.43. The largest absolute Gasteiger partial charge is 0.507 e. The molecule has 0 radical (unpaired) electrons. The van der Waals surface area contributed by atoms with Crippen LogP contribution in [0, 0.1) is 0 Å². The summed E-state index contributed by atoms with van der Waals surface area (Å²) in [5.41, 5.74) is 4.65. The monoisotopic (exact) mass is 418 g/mol. The SMILES string of the molecule is C/C(=N/Nc1nc2c(c(=O)n(C)c(=O)n2C)n1Cc1ccccc1)c1ccccc1O. The lowest BCUT2D eigenvalue weighted by Crippen LogP contribution is -2.37. The molecule has 31 heavy (non-hydrogen) atoms. The molecule has 2 N–H and O–H groups in total. The molecule has 0 aliphatic rings. The molecular weight excluding hydrogens is 396 g/mol. The maximum atomic E-state index is 12.9. The lowest BCUT2D eigenvalue weighted by molar-refractivity contribution is 0.474. The van der Waals surface area contributed by atoms with E-state index in [0.29, 0.717) is 29.3 Å². The number of hydrogen-bond donors (Lipinski definition) is 2. The van der Waals surface area contributed by atoms with Crippen molar-refractivity contribution in [3.63, 3.8) is 0 Å². The number of phenols is 1. The van der Waals surface area contributed by atoms with Crippen molar-refractivity contribution in [3.05, 3.63) is 86.6 Å². The number of imidazole rings is 1. The van der Waals surface area contributed by atoms with E-state index < -0.39 is 11.2 Å². The third kappa shape index (κ3) is 3.61. The zero-order chi connectivity index (χ0) is 22.1. The number of nitrogens with zero attached hydrogens (tertiary/aromatic N) is 5. The maximum Gasteiger partial charge on any atom is 0.332 e. The van der Waals surface area contributed by atoms with Gasteiger partial charge < -0.3 is 5.11 Å². The van der Waals surface area contributed by atoms with Gasteiger partial charge in [0.1, 0.15) is 5.75 Å². The van der Waals surface area contributed by atoms with Gasteiger partial charge in [-0.3, -0.25) is 18.5 Å². The fourth-order valence-corrected chi connectivity index (χ4v) is 3.43. The Balaban J connectivity index is 1.87. The number of aryl methyl sites for hydroxylation is 1. The molecular formula is C22H22N6O3. The van der Waals surface area contributed by atoms with Gasteiger partial charge in [-0.15, -0.1) is 0 Å². The van der Waals surface area contributed by atoms with E-state index in [4.69, 9.17) is 0 Å². The predicted octanol–water partition coefficient (Wildman–Crippen LogP) is 2.02. The van der Waals surface area contributed by atoms with Gasteiger partial charge in [-0.2, -0.15) is 10.1 Å². The number of rotatable bonds is 5. The first-order valence-electron chi connectivity index (χ1n) is 9.67. The minimum Gasteiger partial charge on any atom is -0.507 e. The number of benzene rings is 2. The summed E-state index contributed by atoms with van der Waals surface area (Å²) in [5, 5.41) is 14.4. The minimum atomic E-state index is -0.456. The summed E-state index contributed by atoms with van der Waals surface area (Å²) in [6.45, 7) is 2.11. The number of aromatic nitrogens is 4. The van der Waals surface area contributed by atoms with E-state index in [9.17, 15) is 14.7 Å². The first-order chi connectivity index (χ1) is 14.9. The van der Waals surface area contributed by atoms with Crippen molar-refractivity contribution < 1.29 is 5.11 Å². The van der Waals surface area contributed by atoms with E-state index in [1.807, 2.05) is 30.3 Å². The third-order valence-electron chi connectivity index (χ3n) is 5.15. The zero-order valence-corrected chi connectivity index (χ0v) is 17.4. The Hall–Kier alpha value is -4.14. The van der Waals surface area contributed by atoms with Gasteiger partial charge in [-0.05, 0) is 24.6 Å². The van der Waals surface area contributed by atoms with Gasteiger partial charge in [0, 0.05) is 19.7 Å². The van der Waals surface area contributed by atoms with Crippen LogP contribution < -0.4 is 16.7 Å². The smallest absolute Gasteiger partial charge is 0.332 e. The second-order valence-electron chi connectivity index (χ2n) is 7.21. The minimum absolute atomic E-state index is 0.111. The van der Waals surface area contributed by atoms with Gasteiger partial charge in [0.15, 0.2) is 11.2 Å². The Morgan fingerprint density at radius 2 is 1.71 bits per heavy atom. The van der Waals surface area contributed by atoms with Crippen LogP contribution in [0.25, 0.3) is 11.2 Å². The highest BCUT2D eigenvalue weighted by molar-refractivity contribution is 6.01. The lowest BCUT2D eigenvalue weighted by atomic mass is 10.1. The highest BCUT2D eigenvalue weighted by atomic mass is 16.3. The molecule has 2 aromatic carbocycles. The molecule has 0 aliphatic carbocycles. The zero-order valence-electron chi connectivity index (χ0n) is 17.4. The summed E-state index contributed by atoms with van der Waals surface area (Å²) >= 11 is 0. The Morgan fingerprint density at radius 3 is 2.42 bits per heavy atom. The molecule has 0 spiro atoms. The van der Waals surface area contributed by atoms with Gasteiger partial charge >= 0.3 is 5.69 Å². The molecule has 0 saturated carbocycles. The van der Waals surface area contributed by atoms with Crippen LogP contribution in [0.3, 0.4) is 0 Å². The summed E-state index contributed by atoms with van der Waals surface area (Å²) in [6, 6.07) is 16.5. The standard InChI is InChI=1S/C22H22N6O3/c1-14(16-11-7-8-12-17(16)29)24-25-21-23-19-18(20(30)27(3)22(31)26(19)2)28(21)13-15-9-5-4-6-10-15/h4-12,29H,13H2,1-3H3,(H,23,25)/b24-14-. The molecule has 0 amide bonds. The molecule has 0 aliphatic heterocycles. The van der Waals surface area contributed by atoms with Crippen molar-refractivity contribution in [1.82, 2.24) is 18.7 Å². The maximum absolute atomic E-state index is 12.9. The average Bonchev–Trinajstić information content (AvgIpc) is 3.14. The summed E-state index contributed by atoms with van der Waals surface area (Å²) in [5.74, 6) is 0.423. The number of phenolic OH excluding ortho intramolecular Hbond substituents is 1. The molecule has 9 nitrogen and oxygen atoms in total. The molecule has 0 atom stereocenters. The topological polar surface area (TPSA) is 106 Å². The number of aromatic hydroxyl groups is 1. The van der Waals surface area contributed by atoms with Crippen LogP contribution in [0.15, 0.2) is 69.3 Å². The fraction of sp³-hybridized carbons (Fsp3) is 0.182. The number of hydrazone groups is 1. The lowest BCUT2D eigenvalue weighted by Gasteiger charge is -2.10. The molecule has 0 unspecified atom stereocenters. The molecule has 4 aromatic rings. The molecule has 0 bridgehead atoms. The predicted molar refractivity (Wildman–Crippen MR) is 120 cm³/mol. The Kier molecular flexibility index (Phi) is 5.16. The van der Waals surface area contributed by atoms with Gasteiger partial charge in [-0.25, -0.2) is 10.2 Å². The summed E-state index contributed by atoms with van der Waals surface area (Å²) in [6.07, 6.45) is 0. The first kappa shape index (κ1) is 20.1. The summed E-state index contributed by atoms with van der Waals surface area (Å²) < 4.78 is 4.10. The molecule has 0 fully saturated rings. The molecule has 9 heteroatoms. The molecule has 2 aromatic heterocycles. The third-order valence-corrected chi connectivity index (χ3v) is 5.15. The van der Waals surface area contributed by atoms with Crippen LogP contribution in [0.5, 0.6) is 5.75 Å².